The van der Waals surface area contributed by atoms with Crippen molar-refractivity contribution in [3.63, 3.8) is 0 Å². The molecule has 61 heavy (non-hydrogen) atoms. The minimum absolute atomic E-state index is 0.537. The van der Waals surface area contributed by atoms with Crippen LogP contribution in [0.1, 0.15) is 22.3 Å². The number of pyridine rings is 1. The molecule has 11 aromatic rings. The highest BCUT2D eigenvalue weighted by Crippen LogP contribution is 2.59. The van der Waals surface area contributed by atoms with Crippen molar-refractivity contribution < 1.29 is 0 Å². The lowest BCUT2D eigenvalue weighted by atomic mass is 9.67. The third-order valence-corrected chi connectivity index (χ3v) is 13.8. The first-order valence-corrected chi connectivity index (χ1v) is 21.7. The van der Waals surface area contributed by atoms with Crippen LogP contribution in [0.3, 0.4) is 0 Å². The van der Waals surface area contributed by atoms with Crippen molar-refractivity contribution in [2.45, 2.75) is 5.41 Å². The molecule has 1 aliphatic carbocycles. The van der Waals surface area contributed by atoms with Gasteiger partial charge in [0.2, 0.25) is 0 Å². The van der Waals surface area contributed by atoms with Crippen molar-refractivity contribution in [3.05, 3.63) is 253 Å². The number of nitrogens with zero attached hydrogens (tertiary/aromatic N) is 2. The van der Waals surface area contributed by atoms with Crippen LogP contribution in [0.25, 0.3) is 64.3 Å². The maximum absolute atomic E-state index is 5.01. The van der Waals surface area contributed by atoms with Crippen LogP contribution in [0.5, 0.6) is 0 Å². The normalized spacial score (nSPS) is 12.7. The van der Waals surface area contributed by atoms with Crippen LogP contribution >= 0.6 is 11.3 Å². The van der Waals surface area contributed by atoms with Crippen molar-refractivity contribution in [1.29, 1.82) is 0 Å². The number of thiophene rings is 1. The van der Waals surface area contributed by atoms with Crippen LogP contribution in [0.2, 0.25) is 0 Å². The van der Waals surface area contributed by atoms with Gasteiger partial charge in [-0.1, -0.05) is 194 Å². The highest BCUT2D eigenvalue weighted by molar-refractivity contribution is 7.26. The summed E-state index contributed by atoms with van der Waals surface area (Å²) in [5, 5.41) is 4.95. The molecule has 0 saturated carbocycles. The lowest BCUT2D eigenvalue weighted by molar-refractivity contribution is 0.769. The van der Waals surface area contributed by atoms with Gasteiger partial charge in [0.25, 0.3) is 0 Å². The van der Waals surface area contributed by atoms with Gasteiger partial charge < -0.3 is 4.90 Å². The van der Waals surface area contributed by atoms with E-state index in [2.05, 4.69) is 229 Å². The molecule has 0 aliphatic heterocycles. The minimum Gasteiger partial charge on any atom is -0.308 e. The minimum atomic E-state index is -0.537. The number of rotatable bonds is 7. The third kappa shape index (κ3) is 5.51. The summed E-state index contributed by atoms with van der Waals surface area (Å²) >= 11 is 1.83. The molecule has 12 rings (SSSR count). The van der Waals surface area contributed by atoms with Crippen molar-refractivity contribution in [3.8, 4) is 33.4 Å². The van der Waals surface area contributed by atoms with Crippen LogP contribution < -0.4 is 4.90 Å². The van der Waals surface area contributed by atoms with E-state index in [0.29, 0.717) is 0 Å². The van der Waals surface area contributed by atoms with Crippen LogP contribution in [-0.2, 0) is 5.41 Å². The van der Waals surface area contributed by atoms with Gasteiger partial charge in [0.1, 0.15) is 0 Å². The Labute approximate surface area is 359 Å². The van der Waals surface area contributed by atoms with Crippen LogP contribution in [0.4, 0.5) is 17.1 Å². The fraction of sp³-hybridized carbons (Fsp3) is 0.0172. The van der Waals surface area contributed by atoms with E-state index in [1.165, 1.54) is 70.8 Å². The van der Waals surface area contributed by atoms with Gasteiger partial charge in [-0.25, -0.2) is 0 Å². The van der Waals surface area contributed by atoms with E-state index in [-0.39, 0.29) is 0 Å². The lowest BCUT2D eigenvalue weighted by Gasteiger charge is -2.35. The number of benzene rings is 9. The Kier molecular flexibility index (Phi) is 8.29. The third-order valence-electron chi connectivity index (χ3n) is 12.6. The zero-order valence-corrected chi connectivity index (χ0v) is 34.1. The van der Waals surface area contributed by atoms with Gasteiger partial charge in [0, 0.05) is 32.9 Å². The number of aromatic nitrogens is 1. The number of fused-ring (bicyclic) bond motifs is 8. The van der Waals surface area contributed by atoms with Gasteiger partial charge in [-0.2, -0.15) is 0 Å². The summed E-state index contributed by atoms with van der Waals surface area (Å²) in [6.07, 6.45) is 4.11. The topological polar surface area (TPSA) is 16.1 Å². The molecule has 0 fully saturated rings. The zero-order chi connectivity index (χ0) is 40.3. The van der Waals surface area contributed by atoms with Gasteiger partial charge >= 0.3 is 0 Å². The second kappa shape index (κ2) is 14.3. The number of anilines is 3. The predicted molar refractivity (Wildman–Crippen MR) is 257 cm³/mol. The molecule has 2 aromatic heterocycles. The summed E-state index contributed by atoms with van der Waals surface area (Å²) in [5.41, 5.74) is 14.9. The molecule has 0 atom stereocenters. The highest BCUT2D eigenvalue weighted by atomic mass is 32.1. The molecule has 286 valence electrons. The summed E-state index contributed by atoms with van der Waals surface area (Å²) in [6.45, 7) is 0. The average molecular weight is 795 g/mol. The van der Waals surface area contributed by atoms with E-state index in [9.17, 15) is 0 Å². The molecule has 0 radical (unpaired) electrons. The summed E-state index contributed by atoms with van der Waals surface area (Å²) in [6, 6.07) is 80.1. The molecule has 0 spiro atoms. The molecule has 0 saturated heterocycles. The van der Waals surface area contributed by atoms with Crippen LogP contribution in [-0.4, -0.2) is 4.98 Å². The van der Waals surface area contributed by atoms with Crippen molar-refractivity contribution in [2.24, 2.45) is 0 Å². The standard InChI is InChI=1S/C58H38N2S/c1-5-17-39(18-6-1)40-29-32-45(33-30-40)60(54-37-59-38-55-56(54)48-34-31-42-21-13-14-26-46(42)57(48)61-55)53-36-50-47-27-15-16-28-51(47)58(43-22-9-3-10-23-43,44-24-11-4-12-25-44)52(50)35-49(53)41-19-7-2-8-20-41/h1-38H. The highest BCUT2D eigenvalue weighted by Gasteiger charge is 2.46. The molecule has 2 nitrogen and oxygen atoms in total. The Morgan fingerprint density at radius 2 is 1.02 bits per heavy atom. The Bertz CT molecular complexity index is 3350. The summed E-state index contributed by atoms with van der Waals surface area (Å²) in [4.78, 5) is 7.48. The van der Waals surface area contributed by atoms with E-state index in [1.807, 2.05) is 17.5 Å². The number of hydrogen-bond donors (Lipinski definition) is 0. The second-order valence-corrected chi connectivity index (χ2v) is 16.9. The maximum Gasteiger partial charge on any atom is 0.0738 e. The second-order valence-electron chi connectivity index (χ2n) is 15.9. The predicted octanol–water partition coefficient (Wildman–Crippen LogP) is 15.8. The van der Waals surface area contributed by atoms with Gasteiger partial charge in [0.05, 0.1) is 27.7 Å². The van der Waals surface area contributed by atoms with Crippen LogP contribution in [0.15, 0.2) is 231 Å². The molecule has 1 aliphatic rings. The molecule has 0 N–H and O–H groups in total. The molecular formula is C58H38N2S. The molecule has 0 unspecified atom stereocenters. The first kappa shape index (κ1) is 35.4. The van der Waals surface area contributed by atoms with E-state index in [4.69, 9.17) is 4.98 Å². The fourth-order valence-corrected chi connectivity index (χ4v) is 11.2. The Morgan fingerprint density at radius 3 is 1.74 bits per heavy atom. The molecular weight excluding hydrogens is 757 g/mol. The molecule has 0 amide bonds. The fourth-order valence-electron chi connectivity index (χ4n) is 9.96. The van der Waals surface area contributed by atoms with Gasteiger partial charge in [0.15, 0.2) is 0 Å². The Balaban J connectivity index is 1.20. The van der Waals surface area contributed by atoms with Gasteiger partial charge in [-0.05, 0) is 85.1 Å². The molecule has 9 aromatic carbocycles. The van der Waals surface area contributed by atoms with Gasteiger partial charge in [-0.3, -0.25) is 4.98 Å². The zero-order valence-electron chi connectivity index (χ0n) is 33.2. The Morgan fingerprint density at radius 1 is 0.410 bits per heavy atom. The smallest absolute Gasteiger partial charge is 0.0738 e. The lowest BCUT2D eigenvalue weighted by Crippen LogP contribution is -2.28. The first-order valence-electron chi connectivity index (χ1n) is 20.9. The molecule has 0 bridgehead atoms. The monoisotopic (exact) mass is 794 g/mol. The van der Waals surface area contributed by atoms with E-state index < -0.39 is 5.41 Å². The molecule has 3 heteroatoms. The SMILES string of the molecule is c1ccc(-c2ccc(N(c3cc4c(cc3-c3ccccc3)C(c3ccccc3)(c3ccccc3)c3ccccc3-4)c3cncc4sc5c6ccccc6ccc5c34)cc2)cc1. The van der Waals surface area contributed by atoms with E-state index >= 15 is 0 Å². The van der Waals surface area contributed by atoms with E-state index in [0.717, 1.165) is 32.9 Å². The summed E-state index contributed by atoms with van der Waals surface area (Å²) in [5.74, 6) is 0. The van der Waals surface area contributed by atoms with Gasteiger partial charge in [-0.15, -0.1) is 11.3 Å². The van der Waals surface area contributed by atoms with Crippen LogP contribution in [0, 0.1) is 0 Å². The van der Waals surface area contributed by atoms with E-state index in [1.54, 1.807) is 0 Å². The largest absolute Gasteiger partial charge is 0.308 e. The van der Waals surface area contributed by atoms with Crippen molar-refractivity contribution in [1.82, 2.24) is 4.98 Å². The summed E-state index contributed by atoms with van der Waals surface area (Å²) < 4.78 is 2.44. The maximum atomic E-state index is 5.01. The summed E-state index contributed by atoms with van der Waals surface area (Å²) in [7, 11) is 0. The van der Waals surface area contributed by atoms with Crippen molar-refractivity contribution in [2.75, 3.05) is 4.90 Å². The first-order chi connectivity index (χ1) is 30.3. The number of hydrogen-bond acceptors (Lipinski definition) is 3. The molecule has 2 heterocycles. The van der Waals surface area contributed by atoms with Crippen molar-refractivity contribution >= 4 is 59.3 Å². The Hall–Kier alpha value is -7.59. The quantitative estimate of drug-likeness (QED) is 0.160. The average Bonchev–Trinajstić information content (AvgIpc) is 3.87.